The maximum atomic E-state index is 4.36. The number of rotatable bonds is 5. The van der Waals surface area contributed by atoms with Crippen molar-refractivity contribution in [3.63, 3.8) is 0 Å². The van der Waals surface area contributed by atoms with E-state index in [0.29, 0.717) is 5.92 Å². The fourth-order valence-corrected chi connectivity index (χ4v) is 2.30. The minimum absolute atomic E-state index is 0.547. The van der Waals surface area contributed by atoms with Crippen LogP contribution in [0.4, 0.5) is 5.13 Å². The summed E-state index contributed by atoms with van der Waals surface area (Å²) in [5.41, 5.74) is 1.19. The summed E-state index contributed by atoms with van der Waals surface area (Å²) in [6.07, 6.45) is 5.91. The summed E-state index contributed by atoms with van der Waals surface area (Å²) in [6.45, 7) is 8.14. The maximum Gasteiger partial charge on any atom is 0.183 e. The molecule has 0 saturated heterocycles. The topological polar surface area (TPSA) is 42.7 Å². The van der Waals surface area contributed by atoms with Crippen molar-refractivity contribution >= 4 is 16.5 Å². The molecule has 0 atom stereocenters. The number of nitrogens with one attached hydrogen (secondary N) is 1. The second kappa shape index (κ2) is 5.31. The van der Waals surface area contributed by atoms with Crippen molar-refractivity contribution < 1.29 is 0 Å². The van der Waals surface area contributed by atoms with Crippen molar-refractivity contribution in [3.8, 4) is 0 Å². The Kier molecular flexibility index (Phi) is 3.78. The molecule has 2 rings (SSSR count). The summed E-state index contributed by atoms with van der Waals surface area (Å²) in [5, 5.41) is 8.55. The fourth-order valence-electron chi connectivity index (χ4n) is 1.48. The van der Waals surface area contributed by atoms with Crippen LogP contribution in [0.3, 0.4) is 0 Å². The molecule has 0 aliphatic heterocycles. The van der Waals surface area contributed by atoms with Gasteiger partial charge < -0.3 is 5.32 Å². The Bertz CT molecular complexity index is 472. The summed E-state index contributed by atoms with van der Waals surface area (Å²) < 4.78 is 1.93. The van der Waals surface area contributed by atoms with E-state index < -0.39 is 0 Å². The molecule has 0 fully saturated rings. The average Bonchev–Trinajstić information content (AvgIpc) is 2.95. The largest absolute Gasteiger partial charge is 0.357 e. The van der Waals surface area contributed by atoms with Crippen LogP contribution >= 0.6 is 11.3 Å². The lowest BCUT2D eigenvalue weighted by Crippen LogP contribution is -1.97. The molecule has 0 saturated carbocycles. The minimum Gasteiger partial charge on any atom is -0.357 e. The Hall–Kier alpha value is -1.36. The zero-order valence-corrected chi connectivity index (χ0v) is 11.3. The lowest BCUT2D eigenvalue weighted by molar-refractivity contribution is 0.659. The van der Waals surface area contributed by atoms with Crippen LogP contribution in [0.25, 0.3) is 0 Å². The molecule has 5 heteroatoms. The van der Waals surface area contributed by atoms with Crippen LogP contribution in [-0.4, -0.2) is 14.8 Å². The van der Waals surface area contributed by atoms with Gasteiger partial charge in [-0.2, -0.15) is 5.10 Å². The van der Waals surface area contributed by atoms with E-state index in [9.17, 15) is 0 Å². The van der Waals surface area contributed by atoms with Crippen LogP contribution in [0.1, 0.15) is 37.1 Å². The van der Waals surface area contributed by atoms with E-state index in [4.69, 9.17) is 0 Å². The van der Waals surface area contributed by atoms with E-state index in [0.717, 1.165) is 18.2 Å². The van der Waals surface area contributed by atoms with Crippen LogP contribution in [0.5, 0.6) is 0 Å². The van der Waals surface area contributed by atoms with E-state index in [-0.39, 0.29) is 0 Å². The van der Waals surface area contributed by atoms with Crippen LogP contribution in [0.15, 0.2) is 18.6 Å². The number of thiazole rings is 1. The second-order valence-electron chi connectivity index (χ2n) is 4.28. The number of hydrogen-bond donors (Lipinski definition) is 1. The third-order valence-corrected chi connectivity index (χ3v) is 3.80. The molecular weight excluding hydrogens is 232 g/mol. The molecule has 0 radical (unpaired) electrons. The molecule has 0 bridgehead atoms. The van der Waals surface area contributed by atoms with Gasteiger partial charge in [-0.3, -0.25) is 4.68 Å². The van der Waals surface area contributed by atoms with E-state index in [2.05, 4.69) is 42.4 Å². The number of aromatic nitrogens is 3. The first-order valence-electron chi connectivity index (χ1n) is 5.90. The van der Waals surface area contributed by atoms with Gasteiger partial charge in [0.1, 0.15) is 0 Å². The summed E-state index contributed by atoms with van der Waals surface area (Å²) >= 11 is 1.72. The number of hydrogen-bond acceptors (Lipinski definition) is 4. The first kappa shape index (κ1) is 12.1. The Balaban J connectivity index is 1.92. The third kappa shape index (κ3) is 3.06. The van der Waals surface area contributed by atoms with Gasteiger partial charge in [0.15, 0.2) is 5.13 Å². The molecule has 2 aromatic heterocycles. The lowest BCUT2D eigenvalue weighted by Gasteiger charge is -1.99. The molecule has 0 spiro atoms. The third-order valence-electron chi connectivity index (χ3n) is 2.55. The average molecular weight is 250 g/mol. The Morgan fingerprint density at radius 2 is 2.24 bits per heavy atom. The zero-order chi connectivity index (χ0) is 12.3. The number of aryl methyl sites for hydroxylation is 1. The highest BCUT2D eigenvalue weighted by Crippen LogP contribution is 2.25. The Morgan fingerprint density at radius 1 is 1.41 bits per heavy atom. The van der Waals surface area contributed by atoms with Gasteiger partial charge in [-0.15, -0.1) is 11.3 Å². The minimum atomic E-state index is 0.547. The summed E-state index contributed by atoms with van der Waals surface area (Å²) in [5.74, 6) is 0.547. The van der Waals surface area contributed by atoms with Gasteiger partial charge in [0.05, 0.1) is 6.20 Å². The highest BCUT2D eigenvalue weighted by Gasteiger charge is 2.05. The molecule has 0 aliphatic carbocycles. The number of nitrogens with zero attached hydrogens (tertiary/aromatic N) is 3. The highest BCUT2D eigenvalue weighted by atomic mass is 32.1. The van der Waals surface area contributed by atoms with Gasteiger partial charge >= 0.3 is 0 Å². The van der Waals surface area contributed by atoms with E-state index in [1.807, 2.05) is 17.1 Å². The molecule has 4 nitrogen and oxygen atoms in total. The molecule has 2 aromatic rings. The van der Waals surface area contributed by atoms with Gasteiger partial charge in [-0.1, -0.05) is 13.8 Å². The predicted molar refractivity (Wildman–Crippen MR) is 71.4 cm³/mol. The normalized spacial score (nSPS) is 11.1. The van der Waals surface area contributed by atoms with Gasteiger partial charge in [0.25, 0.3) is 0 Å². The molecule has 0 unspecified atom stereocenters. The Labute approximate surface area is 106 Å². The maximum absolute atomic E-state index is 4.36. The van der Waals surface area contributed by atoms with Crippen molar-refractivity contribution in [2.75, 3.05) is 5.32 Å². The molecule has 2 heterocycles. The summed E-state index contributed by atoms with van der Waals surface area (Å²) in [7, 11) is 0. The summed E-state index contributed by atoms with van der Waals surface area (Å²) in [6, 6.07) is 0. The standard InChI is InChI=1S/C12H18N4S/c1-4-16-8-10(6-15-16)5-13-12-14-7-11(17-12)9(2)3/h6-9H,4-5H2,1-3H3,(H,13,14). The molecule has 17 heavy (non-hydrogen) atoms. The summed E-state index contributed by atoms with van der Waals surface area (Å²) in [4.78, 5) is 5.68. The predicted octanol–water partition coefficient (Wildman–Crippen LogP) is 3.10. The van der Waals surface area contributed by atoms with Gasteiger partial charge in [0, 0.05) is 35.9 Å². The van der Waals surface area contributed by atoms with Gasteiger partial charge in [0.2, 0.25) is 0 Å². The quantitative estimate of drug-likeness (QED) is 0.886. The molecule has 0 aliphatic rings. The van der Waals surface area contributed by atoms with Crippen molar-refractivity contribution in [2.45, 2.75) is 39.8 Å². The van der Waals surface area contributed by atoms with Crippen molar-refractivity contribution in [3.05, 3.63) is 29.0 Å². The first-order valence-corrected chi connectivity index (χ1v) is 6.71. The lowest BCUT2D eigenvalue weighted by atomic mass is 10.2. The van der Waals surface area contributed by atoms with Crippen molar-refractivity contribution in [1.29, 1.82) is 0 Å². The molecule has 92 valence electrons. The first-order chi connectivity index (χ1) is 8.19. The van der Waals surface area contributed by atoms with Gasteiger partial charge in [-0.05, 0) is 12.8 Å². The zero-order valence-electron chi connectivity index (χ0n) is 10.5. The van der Waals surface area contributed by atoms with Crippen molar-refractivity contribution in [1.82, 2.24) is 14.8 Å². The molecule has 1 N–H and O–H groups in total. The monoisotopic (exact) mass is 250 g/mol. The fraction of sp³-hybridized carbons (Fsp3) is 0.500. The van der Waals surface area contributed by atoms with E-state index >= 15 is 0 Å². The van der Waals surface area contributed by atoms with Crippen LogP contribution < -0.4 is 5.32 Å². The number of anilines is 1. The second-order valence-corrected chi connectivity index (χ2v) is 5.34. The van der Waals surface area contributed by atoms with E-state index in [1.54, 1.807) is 11.3 Å². The van der Waals surface area contributed by atoms with Crippen LogP contribution in [-0.2, 0) is 13.1 Å². The van der Waals surface area contributed by atoms with E-state index in [1.165, 1.54) is 10.4 Å². The highest BCUT2D eigenvalue weighted by molar-refractivity contribution is 7.15. The smallest absolute Gasteiger partial charge is 0.183 e. The van der Waals surface area contributed by atoms with Crippen molar-refractivity contribution in [2.24, 2.45) is 0 Å². The van der Waals surface area contributed by atoms with Crippen LogP contribution in [0, 0.1) is 0 Å². The molecule has 0 aromatic carbocycles. The van der Waals surface area contributed by atoms with Gasteiger partial charge in [-0.25, -0.2) is 4.98 Å². The van der Waals surface area contributed by atoms with Crippen LogP contribution in [0.2, 0.25) is 0 Å². The molecular formula is C12H18N4S. The molecule has 0 amide bonds. The Morgan fingerprint density at radius 3 is 2.82 bits per heavy atom. The SMILES string of the molecule is CCn1cc(CNc2ncc(C(C)C)s2)cn1.